The molecule has 0 saturated carbocycles. The Morgan fingerprint density at radius 1 is 0.697 bits per heavy atom. The molecule has 0 aliphatic rings. The molecule has 5 rings (SSSR count). The number of hydrogen-bond donors (Lipinski definition) is 0. The van der Waals surface area contributed by atoms with Crippen molar-refractivity contribution >= 4 is 0 Å². The Labute approximate surface area is 194 Å². The Bertz CT molecular complexity index is 1380. The van der Waals surface area contributed by atoms with Gasteiger partial charge in [0.1, 0.15) is 12.7 Å². The molecule has 0 N–H and O–H groups in total. The van der Waals surface area contributed by atoms with Crippen LogP contribution in [0.2, 0.25) is 0 Å². The zero-order valence-corrected chi connectivity index (χ0v) is 19.1. The van der Waals surface area contributed by atoms with Crippen LogP contribution in [-0.2, 0) is 7.05 Å². The van der Waals surface area contributed by atoms with E-state index in [1.165, 1.54) is 0 Å². The van der Waals surface area contributed by atoms with Gasteiger partial charge in [-0.25, -0.2) is 0 Å². The number of para-hydroxylation sites is 1. The van der Waals surface area contributed by atoms with Crippen molar-refractivity contribution in [2.45, 2.75) is 13.8 Å². The molecule has 2 nitrogen and oxygen atoms in total. The molecule has 0 unspecified atom stereocenters. The third-order valence-electron chi connectivity index (χ3n) is 6.10. The van der Waals surface area contributed by atoms with Gasteiger partial charge < -0.3 is 0 Å². The summed E-state index contributed by atoms with van der Waals surface area (Å²) in [5.74, 6) is -0.274. The molecule has 0 fully saturated rings. The summed E-state index contributed by atoms with van der Waals surface area (Å²) in [6.45, 7) is 4.04. The van der Waals surface area contributed by atoms with E-state index in [9.17, 15) is 0 Å². The molecule has 2 aromatic heterocycles. The Morgan fingerprint density at radius 2 is 1.27 bits per heavy atom. The SMILES string of the molecule is Cc1ccc(-c2c(C)cc(F)n2-c2c(-c3ccccc3)cccc2-c2ccccc2)[n+](C)c1. The predicted molar refractivity (Wildman–Crippen MR) is 133 cm³/mol. The second kappa shape index (κ2) is 8.51. The van der Waals surface area contributed by atoms with Crippen molar-refractivity contribution in [1.29, 1.82) is 0 Å². The Kier molecular flexibility index (Phi) is 5.39. The zero-order chi connectivity index (χ0) is 22.9. The second-order valence-corrected chi connectivity index (χ2v) is 8.47. The van der Waals surface area contributed by atoms with E-state index >= 15 is 4.39 Å². The summed E-state index contributed by atoms with van der Waals surface area (Å²) in [5, 5.41) is 0. The smallest absolute Gasteiger partial charge is 0.229 e. The number of benzene rings is 3. The minimum absolute atomic E-state index is 0.274. The van der Waals surface area contributed by atoms with Crippen LogP contribution in [0.5, 0.6) is 0 Å². The van der Waals surface area contributed by atoms with E-state index in [-0.39, 0.29) is 5.95 Å². The fourth-order valence-electron chi connectivity index (χ4n) is 4.61. The summed E-state index contributed by atoms with van der Waals surface area (Å²) in [6.07, 6.45) is 2.07. The maximum atomic E-state index is 15.8. The zero-order valence-electron chi connectivity index (χ0n) is 19.1. The third kappa shape index (κ3) is 3.76. The topological polar surface area (TPSA) is 8.81 Å². The van der Waals surface area contributed by atoms with Crippen LogP contribution in [-0.4, -0.2) is 4.57 Å². The Hall–Kier alpha value is -3.98. The van der Waals surface area contributed by atoms with E-state index in [1.807, 2.05) is 56.4 Å². The van der Waals surface area contributed by atoms with Crippen LogP contribution in [0.25, 0.3) is 39.3 Å². The molecule has 0 bridgehead atoms. The molecular formula is C30H26FN2+. The maximum Gasteiger partial charge on any atom is 0.229 e. The van der Waals surface area contributed by atoms with Crippen LogP contribution in [0.4, 0.5) is 4.39 Å². The van der Waals surface area contributed by atoms with Gasteiger partial charge in [-0.15, -0.1) is 0 Å². The van der Waals surface area contributed by atoms with Crippen molar-refractivity contribution < 1.29 is 8.96 Å². The molecule has 2 heterocycles. The predicted octanol–water partition coefficient (Wildman–Crippen LogP) is 7.06. The van der Waals surface area contributed by atoms with Crippen LogP contribution < -0.4 is 4.57 Å². The number of hydrogen-bond acceptors (Lipinski definition) is 0. The largest absolute Gasteiger partial charge is 0.279 e. The fraction of sp³-hybridized carbons (Fsp3) is 0.100. The maximum absolute atomic E-state index is 15.8. The lowest BCUT2D eigenvalue weighted by molar-refractivity contribution is -0.661. The van der Waals surface area contributed by atoms with Gasteiger partial charge in [-0.3, -0.25) is 4.57 Å². The second-order valence-electron chi connectivity index (χ2n) is 8.47. The first-order chi connectivity index (χ1) is 16.0. The Balaban J connectivity index is 1.89. The number of pyridine rings is 1. The van der Waals surface area contributed by atoms with Gasteiger partial charge in [-0.2, -0.15) is 8.96 Å². The van der Waals surface area contributed by atoms with Gasteiger partial charge in [0.2, 0.25) is 5.69 Å². The molecule has 33 heavy (non-hydrogen) atoms. The molecule has 3 heteroatoms. The average molecular weight is 434 g/mol. The summed E-state index contributed by atoms with van der Waals surface area (Å²) in [5.41, 5.74) is 8.80. The minimum Gasteiger partial charge on any atom is -0.279 e. The molecule has 0 saturated heterocycles. The standard InChI is InChI=1S/C30H26FN2/c1-21-17-18-27(32(3)20-21)29-22(2)19-28(31)33(29)30-25(23-11-6-4-7-12-23)15-10-16-26(30)24-13-8-5-9-14-24/h4-20H,1-3H3/q+1. The van der Waals surface area contributed by atoms with E-state index in [0.29, 0.717) is 0 Å². The molecule has 0 aliphatic carbocycles. The van der Waals surface area contributed by atoms with Gasteiger partial charge in [-0.05, 0) is 42.7 Å². The number of aryl methyl sites for hydroxylation is 3. The first kappa shape index (κ1) is 20.9. The van der Waals surface area contributed by atoms with Crippen LogP contribution in [0.3, 0.4) is 0 Å². The van der Waals surface area contributed by atoms with Crippen molar-refractivity contribution in [2.24, 2.45) is 7.05 Å². The van der Waals surface area contributed by atoms with E-state index in [2.05, 4.69) is 66.2 Å². The highest BCUT2D eigenvalue weighted by Gasteiger charge is 2.26. The van der Waals surface area contributed by atoms with Crippen LogP contribution in [0, 0.1) is 19.8 Å². The molecule has 0 spiro atoms. The van der Waals surface area contributed by atoms with E-state index in [1.54, 1.807) is 10.6 Å². The van der Waals surface area contributed by atoms with Crippen LogP contribution in [0.1, 0.15) is 11.1 Å². The van der Waals surface area contributed by atoms with E-state index < -0.39 is 0 Å². The molecular weight excluding hydrogens is 407 g/mol. The lowest BCUT2D eigenvalue weighted by Crippen LogP contribution is -2.31. The van der Waals surface area contributed by atoms with Gasteiger partial charge in [0.05, 0.1) is 5.69 Å². The molecule has 0 atom stereocenters. The lowest BCUT2D eigenvalue weighted by atomic mass is 9.95. The molecule has 0 amide bonds. The molecule has 5 aromatic rings. The quantitative estimate of drug-likeness (QED) is 0.268. The lowest BCUT2D eigenvalue weighted by Gasteiger charge is -2.19. The summed E-state index contributed by atoms with van der Waals surface area (Å²) >= 11 is 0. The number of nitrogens with zero attached hydrogens (tertiary/aromatic N) is 2. The van der Waals surface area contributed by atoms with Crippen molar-refractivity contribution in [3.05, 3.63) is 120 Å². The van der Waals surface area contributed by atoms with Crippen molar-refractivity contribution in [2.75, 3.05) is 0 Å². The summed E-state index contributed by atoms with van der Waals surface area (Å²) in [6, 6.07) is 32.4. The van der Waals surface area contributed by atoms with Gasteiger partial charge in [-0.1, -0.05) is 78.9 Å². The summed E-state index contributed by atoms with van der Waals surface area (Å²) in [4.78, 5) is 0. The normalized spacial score (nSPS) is 11.0. The number of rotatable bonds is 4. The fourth-order valence-corrected chi connectivity index (χ4v) is 4.61. The molecule has 3 aromatic carbocycles. The van der Waals surface area contributed by atoms with Crippen LogP contribution in [0.15, 0.2) is 103 Å². The first-order valence-electron chi connectivity index (χ1n) is 11.1. The highest BCUT2D eigenvalue weighted by molar-refractivity contribution is 5.87. The summed E-state index contributed by atoms with van der Waals surface area (Å²) < 4.78 is 19.7. The first-order valence-corrected chi connectivity index (χ1v) is 11.1. The third-order valence-corrected chi connectivity index (χ3v) is 6.10. The van der Waals surface area contributed by atoms with E-state index in [4.69, 9.17) is 0 Å². The molecule has 0 radical (unpaired) electrons. The monoisotopic (exact) mass is 433 g/mol. The van der Waals surface area contributed by atoms with Gasteiger partial charge in [0, 0.05) is 22.8 Å². The molecule has 0 aliphatic heterocycles. The number of aromatic nitrogens is 2. The molecule has 162 valence electrons. The van der Waals surface area contributed by atoms with Crippen molar-refractivity contribution in [3.63, 3.8) is 0 Å². The minimum atomic E-state index is -0.274. The highest BCUT2D eigenvalue weighted by Crippen LogP contribution is 2.39. The summed E-state index contributed by atoms with van der Waals surface area (Å²) in [7, 11) is 2.01. The van der Waals surface area contributed by atoms with E-state index in [0.717, 1.165) is 50.5 Å². The van der Waals surface area contributed by atoms with Crippen molar-refractivity contribution in [3.8, 4) is 39.3 Å². The Morgan fingerprint density at radius 3 is 1.82 bits per heavy atom. The van der Waals surface area contributed by atoms with Gasteiger partial charge >= 0.3 is 0 Å². The van der Waals surface area contributed by atoms with Crippen molar-refractivity contribution in [1.82, 2.24) is 4.57 Å². The number of halogens is 1. The highest BCUT2D eigenvalue weighted by atomic mass is 19.1. The van der Waals surface area contributed by atoms with Crippen LogP contribution >= 0.6 is 0 Å². The van der Waals surface area contributed by atoms with Gasteiger partial charge in [0.15, 0.2) is 12.1 Å². The average Bonchev–Trinajstić information content (AvgIpc) is 3.12. The van der Waals surface area contributed by atoms with Gasteiger partial charge in [0.25, 0.3) is 0 Å².